The quantitative estimate of drug-likeness (QED) is 0.874. The molecule has 0 saturated heterocycles. The maximum absolute atomic E-state index is 6.40. The third-order valence-corrected chi connectivity index (χ3v) is 4.94. The minimum absolute atomic E-state index is 0.292. The molecule has 0 aliphatic rings. The lowest BCUT2D eigenvalue weighted by molar-refractivity contribution is 0.579. The van der Waals surface area contributed by atoms with Gasteiger partial charge in [-0.1, -0.05) is 39.3 Å². The highest BCUT2D eigenvalue weighted by molar-refractivity contribution is 8.00. The number of thioether (sulfide) groups is 1. The second-order valence-electron chi connectivity index (χ2n) is 5.80. The lowest BCUT2D eigenvalue weighted by Gasteiger charge is -2.22. The number of rotatable bonds is 6. The van der Waals surface area contributed by atoms with Crippen molar-refractivity contribution in [2.75, 3.05) is 12.8 Å². The van der Waals surface area contributed by atoms with Crippen LogP contribution >= 0.6 is 23.4 Å². The average Bonchev–Trinajstić information content (AvgIpc) is 2.59. The number of likely N-dealkylation sites (N-methyl/N-ethyl adjacent to an activating group) is 1. The molecule has 19 heavy (non-hydrogen) atoms. The maximum atomic E-state index is 6.40. The van der Waals surface area contributed by atoms with Crippen molar-refractivity contribution in [3.05, 3.63) is 16.4 Å². The standard InChI is InChI=1S/C14H26ClN3S/c1-7-11-13(15)12(18(6)17-11)8-10(16-5)9-19-14(2,3)4/h10,16H,7-9H2,1-6H3. The highest BCUT2D eigenvalue weighted by Crippen LogP contribution is 2.26. The molecule has 0 aliphatic heterocycles. The number of aromatic nitrogens is 2. The average molecular weight is 304 g/mol. The molecule has 0 aromatic carbocycles. The topological polar surface area (TPSA) is 29.9 Å². The summed E-state index contributed by atoms with van der Waals surface area (Å²) >= 11 is 8.38. The van der Waals surface area contributed by atoms with E-state index in [4.69, 9.17) is 11.6 Å². The van der Waals surface area contributed by atoms with Crippen LogP contribution in [0.25, 0.3) is 0 Å². The molecule has 1 N–H and O–H groups in total. The molecule has 0 spiro atoms. The number of halogens is 1. The third kappa shape index (κ3) is 5.01. The SMILES string of the molecule is CCc1nn(C)c(CC(CSC(C)(C)C)NC)c1Cl. The number of nitrogens with one attached hydrogen (secondary N) is 1. The molecular weight excluding hydrogens is 278 g/mol. The Kier molecular flexibility index (Phi) is 6.21. The summed E-state index contributed by atoms with van der Waals surface area (Å²) < 4.78 is 2.22. The van der Waals surface area contributed by atoms with Crippen molar-refractivity contribution in [2.45, 2.75) is 51.3 Å². The molecule has 1 unspecified atom stereocenters. The van der Waals surface area contributed by atoms with Crippen molar-refractivity contribution >= 4 is 23.4 Å². The minimum atomic E-state index is 0.292. The zero-order valence-electron chi connectivity index (χ0n) is 12.9. The summed E-state index contributed by atoms with van der Waals surface area (Å²) in [4.78, 5) is 0. The molecule has 0 saturated carbocycles. The molecule has 0 amide bonds. The first kappa shape index (κ1) is 16.9. The van der Waals surface area contributed by atoms with Gasteiger partial charge in [0.2, 0.25) is 0 Å². The molecule has 110 valence electrons. The molecule has 0 bridgehead atoms. The minimum Gasteiger partial charge on any atom is -0.316 e. The van der Waals surface area contributed by atoms with Gasteiger partial charge >= 0.3 is 0 Å². The molecule has 1 aromatic heterocycles. The predicted octanol–water partition coefficient (Wildman–Crippen LogP) is 3.30. The van der Waals surface area contributed by atoms with Crippen LogP contribution in [0, 0.1) is 0 Å². The maximum Gasteiger partial charge on any atom is 0.0850 e. The van der Waals surface area contributed by atoms with E-state index < -0.39 is 0 Å². The summed E-state index contributed by atoms with van der Waals surface area (Å²) in [5, 5.41) is 8.70. The fraction of sp³-hybridized carbons (Fsp3) is 0.786. The van der Waals surface area contributed by atoms with Gasteiger partial charge in [-0.3, -0.25) is 4.68 Å². The fourth-order valence-electron chi connectivity index (χ4n) is 1.87. The van der Waals surface area contributed by atoms with Crippen LogP contribution in [0.5, 0.6) is 0 Å². The van der Waals surface area contributed by atoms with E-state index in [1.54, 1.807) is 0 Å². The van der Waals surface area contributed by atoms with Crippen molar-refractivity contribution in [1.29, 1.82) is 0 Å². The Bertz CT molecular complexity index is 410. The van der Waals surface area contributed by atoms with Gasteiger partial charge in [0.1, 0.15) is 0 Å². The van der Waals surface area contributed by atoms with Crippen LogP contribution in [-0.4, -0.2) is 33.4 Å². The van der Waals surface area contributed by atoms with E-state index in [0.29, 0.717) is 10.8 Å². The van der Waals surface area contributed by atoms with Crippen LogP contribution in [0.2, 0.25) is 5.02 Å². The lowest BCUT2D eigenvalue weighted by Crippen LogP contribution is -2.32. The van der Waals surface area contributed by atoms with Crippen molar-refractivity contribution in [3.8, 4) is 0 Å². The van der Waals surface area contributed by atoms with Gasteiger partial charge < -0.3 is 5.32 Å². The molecular formula is C14H26ClN3S. The van der Waals surface area contributed by atoms with Gasteiger partial charge in [-0.15, -0.1) is 0 Å². The number of aryl methyl sites for hydroxylation is 2. The van der Waals surface area contributed by atoms with Crippen molar-refractivity contribution in [3.63, 3.8) is 0 Å². The van der Waals surface area contributed by atoms with Crippen molar-refractivity contribution < 1.29 is 0 Å². The second-order valence-corrected chi connectivity index (χ2v) is 8.02. The van der Waals surface area contributed by atoms with Gasteiger partial charge in [0, 0.05) is 30.0 Å². The van der Waals surface area contributed by atoms with Crippen LogP contribution in [0.3, 0.4) is 0 Å². The molecule has 1 rings (SSSR count). The van der Waals surface area contributed by atoms with Crippen molar-refractivity contribution in [1.82, 2.24) is 15.1 Å². The van der Waals surface area contributed by atoms with Crippen molar-refractivity contribution in [2.24, 2.45) is 7.05 Å². The molecule has 1 atom stereocenters. The molecule has 3 nitrogen and oxygen atoms in total. The Hall–Kier alpha value is -0.190. The van der Waals surface area contributed by atoms with E-state index in [1.807, 2.05) is 30.5 Å². The van der Waals surface area contributed by atoms with Crippen LogP contribution in [0.1, 0.15) is 39.1 Å². The predicted molar refractivity (Wildman–Crippen MR) is 86.4 cm³/mol. The van der Waals surface area contributed by atoms with E-state index in [1.165, 1.54) is 0 Å². The van der Waals surface area contributed by atoms with Gasteiger partial charge in [0.25, 0.3) is 0 Å². The first-order chi connectivity index (χ1) is 8.78. The summed E-state index contributed by atoms with van der Waals surface area (Å²) in [6.45, 7) is 8.83. The lowest BCUT2D eigenvalue weighted by atomic mass is 10.1. The summed E-state index contributed by atoms with van der Waals surface area (Å²) in [7, 11) is 3.99. The van der Waals surface area contributed by atoms with E-state index in [2.05, 4.69) is 38.1 Å². The Morgan fingerprint density at radius 3 is 2.47 bits per heavy atom. The fourth-order valence-corrected chi connectivity index (χ4v) is 3.23. The van der Waals surface area contributed by atoms with Gasteiger partial charge in [0.15, 0.2) is 0 Å². The Balaban J connectivity index is 2.73. The van der Waals surface area contributed by atoms with Crippen LogP contribution in [-0.2, 0) is 19.9 Å². The summed E-state index contributed by atoms with van der Waals surface area (Å²) in [6.07, 6.45) is 1.80. The summed E-state index contributed by atoms with van der Waals surface area (Å²) in [5.74, 6) is 1.07. The highest BCUT2D eigenvalue weighted by Gasteiger charge is 2.19. The Morgan fingerprint density at radius 2 is 2.05 bits per heavy atom. The molecule has 0 aliphatic carbocycles. The first-order valence-electron chi connectivity index (χ1n) is 6.80. The number of hydrogen-bond acceptors (Lipinski definition) is 3. The monoisotopic (exact) mass is 303 g/mol. The van der Waals surface area contributed by atoms with E-state index in [9.17, 15) is 0 Å². The van der Waals surface area contributed by atoms with Gasteiger partial charge in [0.05, 0.1) is 16.4 Å². The zero-order valence-corrected chi connectivity index (χ0v) is 14.5. The third-order valence-electron chi connectivity index (χ3n) is 3.07. The molecule has 0 fully saturated rings. The van der Waals surface area contributed by atoms with E-state index in [0.717, 1.165) is 35.0 Å². The molecule has 0 radical (unpaired) electrons. The van der Waals surface area contributed by atoms with Gasteiger partial charge in [-0.25, -0.2) is 0 Å². The van der Waals surface area contributed by atoms with E-state index >= 15 is 0 Å². The largest absolute Gasteiger partial charge is 0.316 e. The van der Waals surface area contributed by atoms with E-state index in [-0.39, 0.29) is 0 Å². The summed E-state index contributed by atoms with van der Waals surface area (Å²) in [5.41, 5.74) is 2.13. The smallest absolute Gasteiger partial charge is 0.0850 e. The van der Waals surface area contributed by atoms with Crippen LogP contribution < -0.4 is 5.32 Å². The normalized spacial score (nSPS) is 13.8. The first-order valence-corrected chi connectivity index (χ1v) is 8.16. The van der Waals surface area contributed by atoms with Gasteiger partial charge in [-0.05, 0) is 13.5 Å². The molecule has 1 aromatic rings. The second kappa shape index (κ2) is 7.00. The number of hydrogen-bond donors (Lipinski definition) is 1. The summed E-state index contributed by atoms with van der Waals surface area (Å²) in [6, 6.07) is 0.418. The van der Waals surface area contributed by atoms with Crippen LogP contribution in [0.4, 0.5) is 0 Å². The Morgan fingerprint density at radius 1 is 1.42 bits per heavy atom. The Labute approximate surface area is 126 Å². The highest BCUT2D eigenvalue weighted by atomic mass is 35.5. The van der Waals surface area contributed by atoms with Crippen LogP contribution in [0.15, 0.2) is 0 Å². The van der Waals surface area contributed by atoms with Gasteiger partial charge in [-0.2, -0.15) is 16.9 Å². The molecule has 1 heterocycles. The zero-order chi connectivity index (χ0) is 14.6. The molecule has 5 heteroatoms. The number of nitrogens with zero attached hydrogens (tertiary/aromatic N) is 2.